The summed E-state index contributed by atoms with van der Waals surface area (Å²) in [4.78, 5) is 0. The summed E-state index contributed by atoms with van der Waals surface area (Å²) in [5.74, 6) is 0. The third kappa shape index (κ3) is 3.51. The van der Waals surface area contributed by atoms with Crippen LogP contribution in [0.5, 0.6) is 0 Å². The molecule has 0 fully saturated rings. The van der Waals surface area contributed by atoms with Gasteiger partial charge in [-0.3, -0.25) is 0 Å². The van der Waals surface area contributed by atoms with Crippen molar-refractivity contribution in [3.63, 3.8) is 0 Å². The van der Waals surface area contributed by atoms with Gasteiger partial charge in [0.1, 0.15) is 0 Å². The molecule has 0 heterocycles. The lowest BCUT2D eigenvalue weighted by molar-refractivity contribution is 0.522. The van der Waals surface area contributed by atoms with Crippen molar-refractivity contribution in [1.29, 1.82) is 0 Å². The van der Waals surface area contributed by atoms with Crippen LogP contribution in [-0.4, -0.2) is 2.87 Å². The van der Waals surface area contributed by atoms with Crippen LogP contribution >= 0.6 is 34.8 Å². The van der Waals surface area contributed by atoms with Crippen LogP contribution in [0.4, 0.5) is 0 Å². The minimum Gasteiger partial charge on any atom is -0.402 e. The highest BCUT2D eigenvalue weighted by molar-refractivity contribution is 14.1. The fraction of sp³-hybridized carbons (Fsp3) is 0.625. The summed E-state index contributed by atoms with van der Waals surface area (Å²) in [6, 6.07) is 0. The first kappa shape index (κ1) is 11.4. The van der Waals surface area contributed by atoms with E-state index in [4.69, 9.17) is 18.0 Å². The van der Waals surface area contributed by atoms with Crippen molar-refractivity contribution in [1.82, 2.24) is 0 Å². The summed E-state index contributed by atoms with van der Waals surface area (Å²) in [6.07, 6.45) is 0. The highest BCUT2D eigenvalue weighted by atomic mass is 127. The van der Waals surface area contributed by atoms with Gasteiger partial charge in [0.15, 0.2) is 0 Å². The van der Waals surface area contributed by atoms with Crippen LogP contribution in [-0.2, 0) is 0 Å². The molecule has 0 rings (SSSR count). The van der Waals surface area contributed by atoms with Gasteiger partial charge in [-0.25, -0.2) is 0 Å². The maximum atomic E-state index is 5.71. The fourth-order valence-corrected chi connectivity index (χ4v) is 2.74. The lowest BCUT2D eigenvalue weighted by Crippen LogP contribution is -2.17. The van der Waals surface area contributed by atoms with Crippen LogP contribution < -0.4 is 5.73 Å². The summed E-state index contributed by atoms with van der Waals surface area (Å²) >= 11 is 7.23. The highest BCUT2D eigenvalue weighted by Gasteiger charge is 2.20. The van der Waals surface area contributed by atoms with E-state index in [9.17, 15) is 0 Å². The molecule has 0 unspecified atom stereocenters. The molecule has 1 nitrogen and oxygen atoms in total. The molecule has 0 aliphatic rings. The second-order valence-corrected chi connectivity index (χ2v) is 5.80. The molecule has 0 aromatic carbocycles. The monoisotopic (exact) mass is 283 g/mol. The highest BCUT2D eigenvalue weighted by Crippen LogP contribution is 2.29. The summed E-state index contributed by atoms with van der Waals surface area (Å²) < 4.78 is 0.870. The first-order chi connectivity index (χ1) is 4.76. The van der Waals surface area contributed by atoms with Crippen molar-refractivity contribution in [2.75, 3.05) is 0 Å². The van der Waals surface area contributed by atoms with E-state index in [0.29, 0.717) is 0 Å². The molecule has 64 valence electrons. The van der Waals surface area contributed by atoms with Crippen molar-refractivity contribution in [3.8, 4) is 0 Å². The van der Waals surface area contributed by atoms with E-state index < -0.39 is 0 Å². The number of hydrogen-bond acceptors (Lipinski definition) is 2. The van der Waals surface area contributed by atoms with Gasteiger partial charge >= 0.3 is 0 Å². The van der Waals surface area contributed by atoms with Crippen LogP contribution in [0.3, 0.4) is 0 Å². The molecule has 0 aromatic heterocycles. The van der Waals surface area contributed by atoms with E-state index in [2.05, 4.69) is 43.4 Å². The molecule has 0 radical (unpaired) electrons. The average Bonchev–Trinajstić information content (AvgIpc) is 1.54. The number of nitrogens with two attached hydrogens (primary N) is 1. The predicted molar refractivity (Wildman–Crippen MR) is 63.0 cm³/mol. The average molecular weight is 283 g/mol. The fourth-order valence-electron chi connectivity index (χ4n) is 1.04. The number of hydrogen-bond donors (Lipinski definition) is 1. The molecule has 0 atom stereocenters. The van der Waals surface area contributed by atoms with Gasteiger partial charge in [0.2, 0.25) is 0 Å². The molecular formula is C8H14INS. The third-order valence-corrected chi connectivity index (χ3v) is 2.08. The van der Waals surface area contributed by atoms with Gasteiger partial charge in [-0.15, -0.1) is 0 Å². The molecule has 0 aliphatic carbocycles. The Morgan fingerprint density at radius 1 is 1.36 bits per heavy atom. The first-order valence-electron chi connectivity index (χ1n) is 3.43. The Bertz CT molecular complexity index is 197. The Kier molecular flexibility index (Phi) is 3.97. The van der Waals surface area contributed by atoms with Crippen molar-refractivity contribution in [2.45, 2.75) is 27.7 Å². The zero-order valence-corrected chi connectivity index (χ0v) is 10.3. The minimum atomic E-state index is 0.0666. The minimum absolute atomic E-state index is 0.0666. The lowest BCUT2D eigenvalue weighted by Gasteiger charge is -2.22. The number of halogens is 1. The Balaban J connectivity index is 4.96. The van der Waals surface area contributed by atoms with E-state index in [-0.39, 0.29) is 5.41 Å². The molecule has 2 N–H and O–H groups in total. The molecule has 0 saturated carbocycles. The summed E-state index contributed by atoms with van der Waals surface area (Å²) in [7, 11) is 0. The van der Waals surface area contributed by atoms with E-state index >= 15 is 0 Å². The number of rotatable bonds is 1. The Morgan fingerprint density at radius 3 is 1.73 bits per heavy atom. The molecular weight excluding hydrogens is 269 g/mol. The quantitative estimate of drug-likeness (QED) is 0.346. The summed E-state index contributed by atoms with van der Waals surface area (Å²) in [5, 5.41) is 0. The molecule has 11 heavy (non-hydrogen) atoms. The zero-order chi connectivity index (χ0) is 9.23. The molecule has 0 saturated heterocycles. The second-order valence-electron chi connectivity index (χ2n) is 3.58. The van der Waals surface area contributed by atoms with Crippen LogP contribution in [0.1, 0.15) is 27.7 Å². The molecule has 0 bridgehead atoms. The van der Waals surface area contributed by atoms with Crippen LogP contribution in [0.15, 0.2) is 11.3 Å². The zero-order valence-electron chi connectivity index (χ0n) is 7.36. The smallest absolute Gasteiger partial charge is 0.0814 e. The Hall–Kier alpha value is 0.360. The van der Waals surface area contributed by atoms with Gasteiger partial charge in [0, 0.05) is 11.3 Å². The van der Waals surface area contributed by atoms with Crippen molar-refractivity contribution in [2.24, 2.45) is 11.1 Å². The normalized spacial score (nSPS) is 14.3. The lowest BCUT2D eigenvalue weighted by atomic mass is 9.86. The topological polar surface area (TPSA) is 26.0 Å². The summed E-state index contributed by atoms with van der Waals surface area (Å²) in [5.41, 5.74) is 7.70. The second kappa shape index (κ2) is 3.85. The SMILES string of the molecule is CC(N)=C(C(=S)I)C(C)(C)C. The van der Waals surface area contributed by atoms with Gasteiger partial charge in [0.05, 0.1) is 2.87 Å². The first-order valence-corrected chi connectivity index (χ1v) is 4.92. The molecule has 0 amide bonds. The van der Waals surface area contributed by atoms with Gasteiger partial charge in [0.25, 0.3) is 0 Å². The number of thiocarbonyl (C=S) groups is 1. The molecule has 0 aliphatic heterocycles. The maximum Gasteiger partial charge on any atom is 0.0814 e. The van der Waals surface area contributed by atoms with Crippen molar-refractivity contribution < 1.29 is 0 Å². The molecule has 0 aromatic rings. The van der Waals surface area contributed by atoms with Crippen molar-refractivity contribution >= 4 is 37.7 Å². The summed E-state index contributed by atoms with van der Waals surface area (Å²) in [6.45, 7) is 8.24. The van der Waals surface area contributed by atoms with E-state index in [1.807, 2.05) is 6.92 Å². The standard InChI is InChI=1S/C8H14INS/c1-5(10)6(7(9)11)8(2,3)4/h10H2,1-4H3. The molecule has 0 spiro atoms. The number of allylic oxidation sites excluding steroid dienone is 2. The maximum absolute atomic E-state index is 5.71. The Labute approximate surface area is 87.6 Å². The predicted octanol–water partition coefficient (Wildman–Crippen LogP) is 3.03. The van der Waals surface area contributed by atoms with Gasteiger partial charge in [-0.2, -0.15) is 0 Å². The van der Waals surface area contributed by atoms with E-state index in [1.54, 1.807) is 0 Å². The van der Waals surface area contributed by atoms with E-state index in [1.165, 1.54) is 0 Å². The Morgan fingerprint density at radius 2 is 1.73 bits per heavy atom. The van der Waals surface area contributed by atoms with Crippen LogP contribution in [0, 0.1) is 5.41 Å². The molecule has 3 heteroatoms. The van der Waals surface area contributed by atoms with Crippen LogP contribution in [0.2, 0.25) is 0 Å². The van der Waals surface area contributed by atoms with Gasteiger partial charge < -0.3 is 5.73 Å². The van der Waals surface area contributed by atoms with Gasteiger partial charge in [-0.05, 0) is 34.9 Å². The van der Waals surface area contributed by atoms with Crippen LogP contribution in [0.25, 0.3) is 0 Å². The third-order valence-electron chi connectivity index (χ3n) is 1.34. The van der Waals surface area contributed by atoms with Crippen molar-refractivity contribution in [3.05, 3.63) is 11.3 Å². The van der Waals surface area contributed by atoms with Gasteiger partial charge in [-0.1, -0.05) is 33.0 Å². The van der Waals surface area contributed by atoms with E-state index in [0.717, 1.165) is 14.1 Å². The largest absolute Gasteiger partial charge is 0.402 e.